The highest BCUT2D eigenvalue weighted by atomic mass is 15.0. The molecule has 0 aliphatic carbocycles. The Balaban J connectivity index is 1.27. The molecule has 2 aromatic heterocycles. The Hall–Kier alpha value is -8.14. The molecule has 52 heavy (non-hydrogen) atoms. The first-order valence-corrected chi connectivity index (χ1v) is 16.3. The third-order valence-corrected chi connectivity index (χ3v) is 9.67. The second kappa shape index (κ2) is 12.4. The zero-order chi connectivity index (χ0) is 35.9. The number of nitriles is 6. The fourth-order valence-electron chi connectivity index (χ4n) is 7.44. The van der Waals surface area contributed by atoms with Crippen LogP contribution in [-0.4, -0.2) is 9.13 Å². The van der Waals surface area contributed by atoms with E-state index in [4.69, 9.17) is 0 Å². The minimum atomic E-state index is -0.0127. The van der Waals surface area contributed by atoms with Crippen LogP contribution in [0.5, 0.6) is 0 Å². The Morgan fingerprint density at radius 3 is 1.42 bits per heavy atom. The summed E-state index contributed by atoms with van der Waals surface area (Å²) < 4.78 is 4.05. The summed E-state index contributed by atoms with van der Waals surface area (Å²) in [7, 11) is 0. The number of aromatic nitrogens is 2. The lowest BCUT2D eigenvalue weighted by atomic mass is 9.98. The average Bonchev–Trinajstić information content (AvgIpc) is 3.69. The van der Waals surface area contributed by atoms with Crippen LogP contribution in [0.1, 0.15) is 44.5 Å². The van der Waals surface area contributed by atoms with E-state index in [0.29, 0.717) is 23.4 Å². The molecule has 2 heterocycles. The van der Waals surface area contributed by atoms with Crippen LogP contribution in [0.25, 0.3) is 55.0 Å². The van der Waals surface area contributed by atoms with Crippen molar-refractivity contribution in [2.24, 2.45) is 0 Å². The molecule has 8 aromatic rings. The third-order valence-electron chi connectivity index (χ3n) is 9.67. The second-order valence-electron chi connectivity index (χ2n) is 12.3. The zero-order valence-electron chi connectivity index (χ0n) is 27.4. The molecule has 0 fully saturated rings. The van der Waals surface area contributed by atoms with Gasteiger partial charge in [-0.2, -0.15) is 31.6 Å². The molecule has 8 nitrogen and oxygen atoms in total. The summed E-state index contributed by atoms with van der Waals surface area (Å²) in [4.78, 5) is 0. The van der Waals surface area contributed by atoms with Gasteiger partial charge in [-0.1, -0.05) is 48.5 Å². The number of hydrogen-bond acceptors (Lipinski definition) is 6. The first kappa shape index (κ1) is 31.1. The highest BCUT2D eigenvalue weighted by molar-refractivity contribution is 6.11. The van der Waals surface area contributed by atoms with E-state index in [1.165, 1.54) is 0 Å². The van der Waals surface area contributed by atoms with Crippen LogP contribution in [-0.2, 0) is 12.8 Å². The van der Waals surface area contributed by atoms with Crippen LogP contribution in [0.2, 0.25) is 0 Å². The summed E-state index contributed by atoms with van der Waals surface area (Å²) in [5.74, 6) is 0. The zero-order valence-corrected chi connectivity index (χ0v) is 27.4. The van der Waals surface area contributed by atoms with E-state index in [-0.39, 0.29) is 34.2 Å². The number of rotatable bonds is 5. The van der Waals surface area contributed by atoms with E-state index in [1.807, 2.05) is 65.2 Å². The van der Waals surface area contributed by atoms with E-state index < -0.39 is 0 Å². The van der Waals surface area contributed by atoms with Gasteiger partial charge in [-0.15, -0.1) is 0 Å². The lowest BCUT2D eigenvalue weighted by Crippen LogP contribution is -2.04. The topological polar surface area (TPSA) is 153 Å². The van der Waals surface area contributed by atoms with Crippen molar-refractivity contribution in [1.29, 1.82) is 31.6 Å². The lowest BCUT2D eigenvalue weighted by Gasteiger charge is -2.14. The molecular weight excluding hydrogens is 641 g/mol. The van der Waals surface area contributed by atoms with Crippen molar-refractivity contribution < 1.29 is 0 Å². The van der Waals surface area contributed by atoms with E-state index in [0.717, 1.165) is 54.7 Å². The Kier molecular flexibility index (Phi) is 7.42. The van der Waals surface area contributed by atoms with E-state index in [2.05, 4.69) is 71.3 Å². The normalized spacial score (nSPS) is 10.7. The number of hydrogen-bond donors (Lipinski definition) is 0. The van der Waals surface area contributed by atoms with Gasteiger partial charge in [-0.05, 0) is 78.2 Å². The van der Waals surface area contributed by atoms with Crippen LogP contribution in [0.15, 0.2) is 109 Å². The summed E-state index contributed by atoms with van der Waals surface area (Å²) in [6.07, 6.45) is 0.625. The van der Waals surface area contributed by atoms with Crippen molar-refractivity contribution in [3.63, 3.8) is 0 Å². The largest absolute Gasteiger partial charge is 0.309 e. The van der Waals surface area contributed by atoms with Crippen LogP contribution in [0, 0.1) is 68.0 Å². The van der Waals surface area contributed by atoms with Crippen LogP contribution >= 0.6 is 0 Å². The van der Waals surface area contributed by atoms with Gasteiger partial charge in [0.25, 0.3) is 0 Å². The average molecular weight is 663 g/mol. The maximum absolute atomic E-state index is 10.1. The molecule has 0 radical (unpaired) electrons. The predicted octanol–water partition coefficient (Wildman–Crippen LogP) is 8.90. The van der Waals surface area contributed by atoms with Gasteiger partial charge in [0.2, 0.25) is 0 Å². The van der Waals surface area contributed by atoms with E-state index >= 15 is 0 Å². The van der Waals surface area contributed by atoms with Gasteiger partial charge >= 0.3 is 0 Å². The standard InChI is InChI=1S/C44H22N8/c45-18-17-33-36(24-48)29(22-46)11-15-41(33)51-39-7-3-1-5-31(39)34-20-27(9-13-42(34)51)19-28-10-14-43-35(21-28)32-6-2-4-8-40(32)52(43)44-16-12-30(23-47)37(25-49)38(44)26-50/h1-16,20-21H,17,19H2. The van der Waals surface area contributed by atoms with Crippen molar-refractivity contribution in [2.45, 2.75) is 12.8 Å². The lowest BCUT2D eigenvalue weighted by molar-refractivity contribution is 1.10. The molecule has 0 amide bonds. The summed E-state index contributed by atoms with van der Waals surface area (Å²) in [6, 6.07) is 48.0. The molecule has 0 aliphatic rings. The number of benzene rings is 6. The Morgan fingerprint density at radius 2 is 0.904 bits per heavy atom. The molecule has 0 saturated heterocycles. The molecule has 0 unspecified atom stereocenters. The van der Waals surface area contributed by atoms with Gasteiger partial charge < -0.3 is 9.13 Å². The molecule has 8 rings (SSSR count). The maximum atomic E-state index is 10.1. The molecule has 0 atom stereocenters. The fourth-order valence-corrected chi connectivity index (χ4v) is 7.44. The molecule has 6 aromatic carbocycles. The van der Waals surface area contributed by atoms with Crippen molar-refractivity contribution in [1.82, 2.24) is 9.13 Å². The van der Waals surface area contributed by atoms with Gasteiger partial charge in [-0.3, -0.25) is 0 Å². The smallest absolute Gasteiger partial charge is 0.103 e. The first-order chi connectivity index (χ1) is 25.5. The molecular formula is C44H22N8. The molecule has 0 saturated carbocycles. The number of fused-ring (bicyclic) bond motifs is 6. The molecule has 0 bridgehead atoms. The van der Waals surface area contributed by atoms with Gasteiger partial charge in [0.1, 0.15) is 30.3 Å². The summed E-state index contributed by atoms with van der Waals surface area (Å²) >= 11 is 0. The second-order valence-corrected chi connectivity index (χ2v) is 12.3. The minimum absolute atomic E-state index is 0.0127. The van der Waals surface area contributed by atoms with Crippen LogP contribution in [0.4, 0.5) is 0 Å². The van der Waals surface area contributed by atoms with Crippen LogP contribution < -0.4 is 0 Å². The predicted molar refractivity (Wildman–Crippen MR) is 197 cm³/mol. The van der Waals surface area contributed by atoms with Gasteiger partial charge in [0.05, 0.1) is 73.7 Å². The first-order valence-electron chi connectivity index (χ1n) is 16.3. The molecule has 0 N–H and O–H groups in total. The molecule has 238 valence electrons. The van der Waals surface area contributed by atoms with Gasteiger partial charge in [0.15, 0.2) is 0 Å². The van der Waals surface area contributed by atoms with Gasteiger partial charge in [0, 0.05) is 27.1 Å². The molecule has 0 aliphatic heterocycles. The highest BCUT2D eigenvalue weighted by Gasteiger charge is 2.21. The minimum Gasteiger partial charge on any atom is -0.309 e. The number of nitrogens with zero attached hydrogens (tertiary/aromatic N) is 8. The third kappa shape index (κ3) is 4.63. The Bertz CT molecular complexity index is 3100. The highest BCUT2D eigenvalue weighted by Crippen LogP contribution is 2.37. The monoisotopic (exact) mass is 662 g/mol. The van der Waals surface area contributed by atoms with E-state index in [1.54, 1.807) is 18.2 Å². The van der Waals surface area contributed by atoms with Crippen molar-refractivity contribution in [3.05, 3.63) is 154 Å². The maximum Gasteiger partial charge on any atom is 0.103 e. The Morgan fingerprint density at radius 1 is 0.423 bits per heavy atom. The van der Waals surface area contributed by atoms with Gasteiger partial charge in [-0.25, -0.2) is 0 Å². The molecule has 8 heteroatoms. The number of para-hydroxylation sites is 2. The van der Waals surface area contributed by atoms with E-state index in [9.17, 15) is 31.6 Å². The summed E-state index contributed by atoms with van der Waals surface area (Å²) in [6.45, 7) is 0. The van der Waals surface area contributed by atoms with Crippen LogP contribution in [0.3, 0.4) is 0 Å². The van der Waals surface area contributed by atoms with Crippen molar-refractivity contribution in [3.8, 4) is 47.8 Å². The van der Waals surface area contributed by atoms with Crippen molar-refractivity contribution in [2.75, 3.05) is 0 Å². The SMILES string of the molecule is N#CCc1c(-n2c3ccccc3c3cc(Cc4ccc5c(c4)c4ccccc4n5-c4ccc(C#N)c(C#N)c4C#N)ccc32)ccc(C#N)c1C#N. The fraction of sp³-hybridized carbons (Fsp3) is 0.0455. The quantitative estimate of drug-likeness (QED) is 0.179. The summed E-state index contributed by atoms with van der Waals surface area (Å²) in [5, 5.41) is 62.9. The van der Waals surface area contributed by atoms with Crippen molar-refractivity contribution >= 4 is 43.6 Å². The summed E-state index contributed by atoms with van der Waals surface area (Å²) in [5.41, 5.74) is 8.38. The molecule has 0 spiro atoms. The Labute approximate surface area is 297 Å².